The lowest BCUT2D eigenvalue weighted by Crippen LogP contribution is -2.22. The Labute approximate surface area is 149 Å². The molecule has 0 atom stereocenters. The molecule has 1 aliphatic rings. The Hall–Kier alpha value is -3.41. The number of hydrogen-bond acceptors (Lipinski definition) is 2. The molecule has 1 fully saturated rings. The first-order chi connectivity index (χ1) is 12.5. The summed E-state index contributed by atoms with van der Waals surface area (Å²) in [5.41, 5.74) is 3.43. The molecular formula is C20H16FN3O2. The molecule has 2 aromatic carbocycles. The number of benzene rings is 2. The quantitative estimate of drug-likeness (QED) is 0.563. The van der Waals surface area contributed by atoms with Crippen LogP contribution in [0.25, 0.3) is 17.0 Å². The molecule has 4 rings (SSSR count). The van der Waals surface area contributed by atoms with E-state index in [0.29, 0.717) is 12.1 Å². The second kappa shape index (κ2) is 6.15. The van der Waals surface area contributed by atoms with E-state index in [1.54, 1.807) is 24.3 Å². The lowest BCUT2D eigenvalue weighted by atomic mass is 10.1. The number of urea groups is 1. The second-order valence-corrected chi connectivity index (χ2v) is 6.16. The average Bonchev–Trinajstić information content (AvgIpc) is 3.08. The maximum atomic E-state index is 14.1. The fraction of sp³-hybridized carbons (Fsp3) is 0.100. The molecule has 3 amide bonds. The van der Waals surface area contributed by atoms with Gasteiger partial charge in [-0.2, -0.15) is 0 Å². The van der Waals surface area contributed by atoms with E-state index in [1.165, 1.54) is 6.07 Å². The third kappa shape index (κ3) is 2.65. The van der Waals surface area contributed by atoms with Gasteiger partial charge in [0.2, 0.25) is 0 Å². The molecule has 130 valence electrons. The number of fused-ring (bicyclic) bond motifs is 1. The molecule has 26 heavy (non-hydrogen) atoms. The summed E-state index contributed by atoms with van der Waals surface area (Å²) in [5.74, 6) is -0.715. The smallest absolute Gasteiger partial charge is 0.326 e. The van der Waals surface area contributed by atoms with Crippen LogP contribution < -0.4 is 10.6 Å². The molecule has 0 unspecified atom stereocenters. The lowest BCUT2D eigenvalue weighted by molar-refractivity contribution is -0.115. The van der Waals surface area contributed by atoms with Gasteiger partial charge in [0, 0.05) is 27.7 Å². The maximum Gasteiger partial charge on any atom is 0.326 e. The molecule has 2 N–H and O–H groups in total. The number of halogens is 1. The molecule has 1 saturated heterocycles. The molecule has 0 radical (unpaired) electrons. The number of aromatic nitrogens is 1. The largest absolute Gasteiger partial charge is 0.340 e. The molecule has 1 aromatic heterocycles. The number of nitrogens with one attached hydrogen (secondary N) is 2. The van der Waals surface area contributed by atoms with E-state index in [1.807, 2.05) is 35.8 Å². The van der Waals surface area contributed by atoms with Crippen LogP contribution in [0.1, 0.15) is 16.8 Å². The SMILES string of the molecule is Cc1c(/C=C2/NC(=O)NC2=O)c2ccccc2n1Cc1ccccc1F. The van der Waals surface area contributed by atoms with Crippen LogP contribution in [-0.4, -0.2) is 16.5 Å². The number of nitrogens with zero attached hydrogens (tertiary/aromatic N) is 1. The molecule has 0 bridgehead atoms. The van der Waals surface area contributed by atoms with Crippen LogP contribution in [0.2, 0.25) is 0 Å². The minimum Gasteiger partial charge on any atom is -0.340 e. The molecule has 0 spiro atoms. The van der Waals surface area contributed by atoms with Gasteiger partial charge in [-0.1, -0.05) is 36.4 Å². The Morgan fingerprint density at radius 3 is 2.50 bits per heavy atom. The van der Waals surface area contributed by atoms with Gasteiger partial charge in [0.25, 0.3) is 5.91 Å². The Kier molecular flexibility index (Phi) is 3.80. The van der Waals surface area contributed by atoms with Crippen molar-refractivity contribution in [1.29, 1.82) is 0 Å². The van der Waals surface area contributed by atoms with E-state index < -0.39 is 11.9 Å². The third-order valence-electron chi connectivity index (χ3n) is 4.57. The zero-order chi connectivity index (χ0) is 18.3. The van der Waals surface area contributed by atoms with Gasteiger partial charge in [-0.15, -0.1) is 0 Å². The molecule has 3 aromatic rings. The molecule has 1 aliphatic heterocycles. The van der Waals surface area contributed by atoms with E-state index >= 15 is 0 Å². The van der Waals surface area contributed by atoms with Crippen LogP contribution in [0.4, 0.5) is 9.18 Å². The second-order valence-electron chi connectivity index (χ2n) is 6.16. The predicted octanol–water partition coefficient (Wildman–Crippen LogP) is 3.32. The van der Waals surface area contributed by atoms with E-state index in [2.05, 4.69) is 10.6 Å². The Balaban J connectivity index is 1.87. The number of para-hydroxylation sites is 1. The van der Waals surface area contributed by atoms with Crippen molar-refractivity contribution in [3.63, 3.8) is 0 Å². The van der Waals surface area contributed by atoms with E-state index in [9.17, 15) is 14.0 Å². The van der Waals surface area contributed by atoms with Gasteiger partial charge in [-0.25, -0.2) is 9.18 Å². The first-order valence-corrected chi connectivity index (χ1v) is 8.20. The van der Waals surface area contributed by atoms with Gasteiger partial charge in [0.1, 0.15) is 11.5 Å². The van der Waals surface area contributed by atoms with Gasteiger partial charge in [0.15, 0.2) is 0 Å². The van der Waals surface area contributed by atoms with Crippen molar-refractivity contribution < 1.29 is 14.0 Å². The first-order valence-electron chi connectivity index (χ1n) is 8.20. The van der Waals surface area contributed by atoms with Gasteiger partial charge < -0.3 is 9.88 Å². The first kappa shape index (κ1) is 16.1. The number of amides is 3. The zero-order valence-corrected chi connectivity index (χ0v) is 14.0. The highest BCUT2D eigenvalue weighted by Gasteiger charge is 2.24. The van der Waals surface area contributed by atoms with Crippen LogP contribution in [0.5, 0.6) is 0 Å². The van der Waals surface area contributed by atoms with Gasteiger partial charge in [0.05, 0.1) is 6.54 Å². The monoisotopic (exact) mass is 349 g/mol. The number of carbonyl (C=O) groups is 2. The third-order valence-corrected chi connectivity index (χ3v) is 4.57. The zero-order valence-electron chi connectivity index (χ0n) is 14.0. The minimum atomic E-state index is -0.533. The summed E-state index contributed by atoms with van der Waals surface area (Å²) in [6.45, 7) is 2.29. The summed E-state index contributed by atoms with van der Waals surface area (Å²) in [6.07, 6.45) is 1.66. The Bertz CT molecular complexity index is 1080. The number of hydrogen-bond donors (Lipinski definition) is 2. The Morgan fingerprint density at radius 1 is 1.04 bits per heavy atom. The number of imide groups is 1. The van der Waals surface area contributed by atoms with E-state index in [0.717, 1.165) is 22.2 Å². The standard InChI is InChI=1S/C20H16FN3O2/c1-12-15(10-17-19(25)23-20(26)22-17)14-7-3-5-9-18(14)24(12)11-13-6-2-4-8-16(13)21/h2-10H,11H2,1H3,(H2,22,23,25,26)/b17-10+. The lowest BCUT2D eigenvalue weighted by Gasteiger charge is -2.09. The summed E-state index contributed by atoms with van der Waals surface area (Å²) in [4.78, 5) is 23.2. The number of rotatable bonds is 3. The van der Waals surface area contributed by atoms with Gasteiger partial charge in [-0.05, 0) is 25.1 Å². The molecule has 6 heteroatoms. The number of carbonyl (C=O) groups excluding carboxylic acids is 2. The topological polar surface area (TPSA) is 63.1 Å². The van der Waals surface area contributed by atoms with Crippen LogP contribution in [-0.2, 0) is 11.3 Å². The van der Waals surface area contributed by atoms with Gasteiger partial charge in [-0.3, -0.25) is 10.1 Å². The summed E-state index contributed by atoms with van der Waals surface area (Å²) < 4.78 is 16.1. The van der Waals surface area contributed by atoms with Crippen LogP contribution in [0.15, 0.2) is 54.2 Å². The average molecular weight is 349 g/mol. The Morgan fingerprint density at radius 2 is 1.77 bits per heavy atom. The molecule has 0 saturated carbocycles. The van der Waals surface area contributed by atoms with Crippen molar-refractivity contribution in [2.24, 2.45) is 0 Å². The summed E-state index contributed by atoms with van der Waals surface area (Å²) in [7, 11) is 0. The predicted molar refractivity (Wildman–Crippen MR) is 96.8 cm³/mol. The van der Waals surface area contributed by atoms with E-state index in [-0.39, 0.29) is 11.5 Å². The van der Waals surface area contributed by atoms with Crippen molar-refractivity contribution in [2.75, 3.05) is 0 Å². The summed E-state index contributed by atoms with van der Waals surface area (Å²) in [5, 5.41) is 5.63. The fourth-order valence-electron chi connectivity index (χ4n) is 3.27. The van der Waals surface area contributed by atoms with Gasteiger partial charge >= 0.3 is 6.03 Å². The fourth-order valence-corrected chi connectivity index (χ4v) is 3.27. The van der Waals surface area contributed by atoms with Crippen LogP contribution in [0.3, 0.4) is 0 Å². The van der Waals surface area contributed by atoms with Crippen LogP contribution >= 0.6 is 0 Å². The molecule has 5 nitrogen and oxygen atoms in total. The normalized spacial score (nSPS) is 15.5. The maximum absolute atomic E-state index is 14.1. The van der Waals surface area contributed by atoms with E-state index in [4.69, 9.17) is 0 Å². The highest BCUT2D eigenvalue weighted by atomic mass is 19.1. The molecule has 0 aliphatic carbocycles. The minimum absolute atomic E-state index is 0.201. The van der Waals surface area contributed by atoms with Crippen molar-refractivity contribution >= 4 is 28.9 Å². The highest BCUT2D eigenvalue weighted by Crippen LogP contribution is 2.29. The molecular weight excluding hydrogens is 333 g/mol. The highest BCUT2D eigenvalue weighted by molar-refractivity contribution is 6.14. The van der Waals surface area contributed by atoms with Crippen molar-refractivity contribution in [3.8, 4) is 0 Å². The van der Waals surface area contributed by atoms with Crippen LogP contribution in [0, 0.1) is 12.7 Å². The van der Waals surface area contributed by atoms with Crippen molar-refractivity contribution in [2.45, 2.75) is 13.5 Å². The molecule has 2 heterocycles. The summed E-state index contributed by atoms with van der Waals surface area (Å²) in [6, 6.07) is 13.9. The summed E-state index contributed by atoms with van der Waals surface area (Å²) >= 11 is 0. The van der Waals surface area contributed by atoms with Crippen molar-refractivity contribution in [3.05, 3.63) is 76.9 Å². The van der Waals surface area contributed by atoms with Crippen molar-refractivity contribution in [1.82, 2.24) is 15.2 Å².